The van der Waals surface area contributed by atoms with Crippen molar-refractivity contribution in [2.45, 2.75) is 6.42 Å². The highest BCUT2D eigenvalue weighted by Gasteiger charge is 2.05. The van der Waals surface area contributed by atoms with Crippen molar-refractivity contribution in [2.24, 2.45) is 0 Å². The second kappa shape index (κ2) is 9.20. The van der Waals surface area contributed by atoms with E-state index in [1.165, 1.54) is 0 Å². The predicted octanol–water partition coefficient (Wildman–Crippen LogP) is 2.00. The molecule has 0 amide bonds. The van der Waals surface area contributed by atoms with Gasteiger partial charge in [-0.3, -0.25) is 0 Å². The van der Waals surface area contributed by atoms with Gasteiger partial charge in [0.1, 0.15) is 6.61 Å². The summed E-state index contributed by atoms with van der Waals surface area (Å²) in [5.74, 6) is 1.17. The molecule has 0 saturated carbocycles. The second-order valence-corrected chi connectivity index (χ2v) is 3.78. The third-order valence-corrected chi connectivity index (χ3v) is 2.42. The minimum absolute atomic E-state index is 0.440. The Balaban J connectivity index is 2.31. The van der Waals surface area contributed by atoms with Gasteiger partial charge < -0.3 is 18.9 Å². The Bertz CT molecular complexity index is 414. The van der Waals surface area contributed by atoms with Crippen LogP contribution in [0.5, 0.6) is 11.5 Å². The SMILES string of the molecule is COCCCOCCOc1ccc(C#N)cc1OC. The molecule has 0 aliphatic rings. The molecule has 1 rings (SSSR count). The van der Waals surface area contributed by atoms with E-state index in [0.29, 0.717) is 43.5 Å². The lowest BCUT2D eigenvalue weighted by molar-refractivity contribution is 0.0799. The molecule has 0 heterocycles. The number of nitriles is 1. The van der Waals surface area contributed by atoms with Crippen molar-refractivity contribution in [1.29, 1.82) is 5.26 Å². The van der Waals surface area contributed by atoms with Gasteiger partial charge in [-0.25, -0.2) is 0 Å². The average Bonchev–Trinajstić information content (AvgIpc) is 2.46. The van der Waals surface area contributed by atoms with Crippen molar-refractivity contribution in [1.82, 2.24) is 0 Å². The summed E-state index contributed by atoms with van der Waals surface area (Å²) >= 11 is 0. The normalized spacial score (nSPS) is 9.95. The smallest absolute Gasteiger partial charge is 0.162 e. The quantitative estimate of drug-likeness (QED) is 0.639. The van der Waals surface area contributed by atoms with Crippen LogP contribution < -0.4 is 9.47 Å². The Morgan fingerprint density at radius 2 is 1.89 bits per heavy atom. The van der Waals surface area contributed by atoms with Crippen molar-refractivity contribution in [3.8, 4) is 17.6 Å². The highest BCUT2D eigenvalue weighted by molar-refractivity contribution is 5.46. The van der Waals surface area contributed by atoms with Crippen LogP contribution in [0.25, 0.3) is 0 Å². The molecule has 0 spiro atoms. The molecule has 0 atom stereocenters. The molecule has 0 N–H and O–H groups in total. The van der Waals surface area contributed by atoms with Gasteiger partial charge >= 0.3 is 0 Å². The van der Waals surface area contributed by atoms with Crippen LogP contribution >= 0.6 is 0 Å². The Morgan fingerprint density at radius 3 is 2.58 bits per heavy atom. The van der Waals surface area contributed by atoms with Crippen LogP contribution in [0.4, 0.5) is 0 Å². The molecule has 19 heavy (non-hydrogen) atoms. The standard InChI is InChI=1S/C14H19NO4/c1-16-6-3-7-18-8-9-19-13-5-4-12(11-15)10-14(13)17-2/h4-5,10H,3,6-9H2,1-2H3. The summed E-state index contributed by atoms with van der Waals surface area (Å²) in [5.41, 5.74) is 0.542. The summed E-state index contributed by atoms with van der Waals surface area (Å²) < 4.78 is 21.0. The summed E-state index contributed by atoms with van der Waals surface area (Å²) in [7, 11) is 3.21. The van der Waals surface area contributed by atoms with E-state index in [4.69, 9.17) is 24.2 Å². The van der Waals surface area contributed by atoms with Crippen molar-refractivity contribution >= 4 is 0 Å². The molecule has 104 valence electrons. The molecule has 0 saturated heterocycles. The molecule has 0 aliphatic carbocycles. The van der Waals surface area contributed by atoms with E-state index < -0.39 is 0 Å². The van der Waals surface area contributed by atoms with Gasteiger partial charge in [0, 0.05) is 26.4 Å². The lowest BCUT2D eigenvalue weighted by Gasteiger charge is -2.11. The summed E-state index contributed by atoms with van der Waals surface area (Å²) in [4.78, 5) is 0. The predicted molar refractivity (Wildman–Crippen MR) is 70.5 cm³/mol. The van der Waals surface area contributed by atoms with Crippen LogP contribution in [0.2, 0.25) is 0 Å². The van der Waals surface area contributed by atoms with E-state index in [0.717, 1.165) is 6.42 Å². The molecule has 0 fully saturated rings. The minimum Gasteiger partial charge on any atom is -0.493 e. The summed E-state index contributed by atoms with van der Waals surface area (Å²) in [6.07, 6.45) is 0.872. The minimum atomic E-state index is 0.440. The fourth-order valence-electron chi connectivity index (χ4n) is 1.47. The van der Waals surface area contributed by atoms with Crippen LogP contribution in [0.15, 0.2) is 18.2 Å². The maximum absolute atomic E-state index is 8.79. The van der Waals surface area contributed by atoms with E-state index in [9.17, 15) is 0 Å². The van der Waals surface area contributed by atoms with Crippen LogP contribution in [-0.4, -0.2) is 40.6 Å². The lowest BCUT2D eigenvalue weighted by Crippen LogP contribution is -2.09. The first-order valence-electron chi connectivity index (χ1n) is 6.09. The third kappa shape index (κ3) is 5.60. The van der Waals surface area contributed by atoms with Gasteiger partial charge in [0.15, 0.2) is 11.5 Å². The van der Waals surface area contributed by atoms with Gasteiger partial charge in [-0.15, -0.1) is 0 Å². The highest BCUT2D eigenvalue weighted by Crippen LogP contribution is 2.27. The first-order chi connectivity index (χ1) is 9.31. The van der Waals surface area contributed by atoms with Gasteiger partial charge in [0.2, 0.25) is 0 Å². The molecule has 5 heteroatoms. The summed E-state index contributed by atoms with van der Waals surface area (Å²) in [6.45, 7) is 2.30. The van der Waals surface area contributed by atoms with Gasteiger partial charge in [-0.05, 0) is 18.6 Å². The Morgan fingerprint density at radius 1 is 1.05 bits per heavy atom. The third-order valence-electron chi connectivity index (χ3n) is 2.42. The molecular formula is C14H19NO4. The fourth-order valence-corrected chi connectivity index (χ4v) is 1.47. The van der Waals surface area contributed by atoms with E-state index in [-0.39, 0.29) is 0 Å². The summed E-state index contributed by atoms with van der Waals surface area (Å²) in [5, 5.41) is 8.79. The molecular weight excluding hydrogens is 246 g/mol. The number of hydrogen-bond acceptors (Lipinski definition) is 5. The number of hydrogen-bond donors (Lipinski definition) is 0. The highest BCUT2D eigenvalue weighted by atomic mass is 16.5. The van der Waals surface area contributed by atoms with E-state index in [1.54, 1.807) is 32.4 Å². The number of rotatable bonds is 9. The van der Waals surface area contributed by atoms with E-state index in [1.807, 2.05) is 0 Å². The molecule has 1 aromatic carbocycles. The zero-order chi connectivity index (χ0) is 13.9. The molecule has 0 unspecified atom stereocenters. The van der Waals surface area contributed by atoms with Crippen LogP contribution in [0.1, 0.15) is 12.0 Å². The van der Waals surface area contributed by atoms with Gasteiger partial charge in [-0.2, -0.15) is 5.26 Å². The Hall–Kier alpha value is -1.77. The van der Waals surface area contributed by atoms with Crippen molar-refractivity contribution < 1.29 is 18.9 Å². The summed E-state index contributed by atoms with van der Waals surface area (Å²) in [6, 6.07) is 7.12. The molecule has 0 radical (unpaired) electrons. The van der Waals surface area contributed by atoms with E-state index >= 15 is 0 Å². The van der Waals surface area contributed by atoms with Crippen LogP contribution in [0, 0.1) is 11.3 Å². The van der Waals surface area contributed by atoms with Gasteiger partial charge in [0.05, 0.1) is 25.3 Å². The maximum Gasteiger partial charge on any atom is 0.162 e. The van der Waals surface area contributed by atoms with E-state index in [2.05, 4.69) is 6.07 Å². The zero-order valence-electron chi connectivity index (χ0n) is 11.3. The molecule has 0 bridgehead atoms. The lowest BCUT2D eigenvalue weighted by atomic mass is 10.2. The maximum atomic E-state index is 8.79. The van der Waals surface area contributed by atoms with Gasteiger partial charge in [-0.1, -0.05) is 0 Å². The van der Waals surface area contributed by atoms with Crippen molar-refractivity contribution in [2.75, 3.05) is 40.6 Å². The van der Waals surface area contributed by atoms with Crippen LogP contribution in [-0.2, 0) is 9.47 Å². The molecule has 5 nitrogen and oxygen atoms in total. The number of benzene rings is 1. The average molecular weight is 265 g/mol. The fraction of sp³-hybridized carbons (Fsp3) is 0.500. The number of methoxy groups -OCH3 is 2. The molecule has 0 aliphatic heterocycles. The first kappa shape index (κ1) is 15.3. The van der Waals surface area contributed by atoms with Gasteiger partial charge in [0.25, 0.3) is 0 Å². The Labute approximate surface area is 113 Å². The molecule has 1 aromatic rings. The zero-order valence-corrected chi connectivity index (χ0v) is 11.3. The number of nitrogens with zero attached hydrogens (tertiary/aromatic N) is 1. The first-order valence-corrected chi connectivity index (χ1v) is 6.09. The second-order valence-electron chi connectivity index (χ2n) is 3.78. The van der Waals surface area contributed by atoms with Crippen molar-refractivity contribution in [3.63, 3.8) is 0 Å². The topological polar surface area (TPSA) is 60.7 Å². The molecule has 0 aromatic heterocycles. The Kier molecular flexibility index (Phi) is 7.40. The largest absolute Gasteiger partial charge is 0.493 e. The monoisotopic (exact) mass is 265 g/mol. The van der Waals surface area contributed by atoms with Crippen LogP contribution in [0.3, 0.4) is 0 Å². The van der Waals surface area contributed by atoms with Crippen molar-refractivity contribution in [3.05, 3.63) is 23.8 Å². The number of ether oxygens (including phenoxy) is 4.